The van der Waals surface area contributed by atoms with E-state index in [-0.39, 0.29) is 18.5 Å². The van der Waals surface area contributed by atoms with Crippen molar-refractivity contribution in [3.05, 3.63) is 17.7 Å². The normalized spacial score (nSPS) is 14.7. The van der Waals surface area contributed by atoms with Crippen molar-refractivity contribution in [2.75, 3.05) is 27.9 Å². The van der Waals surface area contributed by atoms with E-state index < -0.39 is 11.9 Å². The van der Waals surface area contributed by atoms with Crippen LogP contribution in [-0.2, 0) is 4.79 Å². The van der Waals surface area contributed by atoms with E-state index in [1.165, 1.54) is 21.3 Å². The minimum atomic E-state index is -0.918. The van der Waals surface area contributed by atoms with Gasteiger partial charge in [0.05, 0.1) is 27.2 Å². The maximum Gasteiger partial charge on any atom is 0.308 e. The first-order chi connectivity index (χ1) is 11.4. The zero-order valence-corrected chi connectivity index (χ0v) is 14.4. The molecule has 1 aliphatic rings. The number of carboxylic acid groups (broad SMARTS) is 1. The van der Waals surface area contributed by atoms with Gasteiger partial charge in [0, 0.05) is 18.2 Å². The molecule has 24 heavy (non-hydrogen) atoms. The summed E-state index contributed by atoms with van der Waals surface area (Å²) in [6, 6.07) is 3.27. The molecular weight excluding hydrogens is 314 g/mol. The first-order valence-electron chi connectivity index (χ1n) is 7.76. The largest absolute Gasteiger partial charge is 0.493 e. The van der Waals surface area contributed by atoms with Crippen molar-refractivity contribution in [2.45, 2.75) is 25.8 Å². The molecule has 0 heterocycles. The average molecular weight is 337 g/mol. The number of carbonyl (C=O) groups excluding carboxylic acids is 1. The molecule has 0 aromatic heterocycles. The molecule has 1 saturated carbocycles. The van der Waals surface area contributed by atoms with Gasteiger partial charge in [0.2, 0.25) is 5.75 Å². The maximum absolute atomic E-state index is 12.9. The molecule has 7 nitrogen and oxygen atoms in total. The van der Waals surface area contributed by atoms with E-state index in [1.807, 2.05) is 0 Å². The second kappa shape index (κ2) is 7.42. The Kier molecular flexibility index (Phi) is 5.54. The summed E-state index contributed by atoms with van der Waals surface area (Å²) in [7, 11) is 4.46. The number of aliphatic carboxylic acids is 1. The van der Waals surface area contributed by atoms with Crippen LogP contribution in [0.4, 0.5) is 0 Å². The highest BCUT2D eigenvalue weighted by molar-refractivity contribution is 5.96. The molecular formula is C17H23NO6. The summed E-state index contributed by atoms with van der Waals surface area (Å²) in [6.07, 6.45) is 1.78. The third-order valence-corrected chi connectivity index (χ3v) is 4.05. The van der Waals surface area contributed by atoms with Gasteiger partial charge in [-0.15, -0.1) is 0 Å². The fraction of sp³-hybridized carbons (Fsp3) is 0.529. The number of nitrogens with zero attached hydrogens (tertiary/aromatic N) is 1. The van der Waals surface area contributed by atoms with Crippen molar-refractivity contribution in [1.82, 2.24) is 4.90 Å². The molecule has 0 bridgehead atoms. The number of amides is 1. The predicted molar refractivity (Wildman–Crippen MR) is 87.0 cm³/mol. The molecule has 1 atom stereocenters. The van der Waals surface area contributed by atoms with E-state index in [9.17, 15) is 9.59 Å². The summed E-state index contributed by atoms with van der Waals surface area (Å²) >= 11 is 0. The molecule has 0 spiro atoms. The molecule has 132 valence electrons. The molecule has 1 fully saturated rings. The molecule has 1 aromatic carbocycles. The lowest BCUT2D eigenvalue weighted by Crippen LogP contribution is -2.38. The molecule has 1 aliphatic carbocycles. The molecule has 0 saturated heterocycles. The van der Waals surface area contributed by atoms with Crippen molar-refractivity contribution in [2.24, 2.45) is 5.92 Å². The summed E-state index contributed by atoms with van der Waals surface area (Å²) in [5.41, 5.74) is 0.383. The molecule has 1 amide bonds. The number of carbonyl (C=O) groups is 2. The average Bonchev–Trinajstić information content (AvgIpc) is 3.41. The summed E-state index contributed by atoms with van der Waals surface area (Å²) in [4.78, 5) is 25.7. The van der Waals surface area contributed by atoms with Gasteiger partial charge in [-0.05, 0) is 25.0 Å². The Bertz CT molecular complexity index is 601. The molecule has 1 unspecified atom stereocenters. The number of ether oxygens (including phenoxy) is 3. The minimum Gasteiger partial charge on any atom is -0.493 e. The van der Waals surface area contributed by atoms with Crippen molar-refractivity contribution >= 4 is 11.9 Å². The van der Waals surface area contributed by atoms with E-state index in [2.05, 4.69) is 0 Å². The van der Waals surface area contributed by atoms with Gasteiger partial charge in [0.1, 0.15) is 0 Å². The lowest BCUT2D eigenvalue weighted by Gasteiger charge is -2.25. The van der Waals surface area contributed by atoms with Crippen molar-refractivity contribution in [3.8, 4) is 17.2 Å². The van der Waals surface area contributed by atoms with Crippen LogP contribution in [0.2, 0.25) is 0 Å². The third kappa shape index (κ3) is 3.72. The van der Waals surface area contributed by atoms with Crippen LogP contribution in [0.5, 0.6) is 17.2 Å². The van der Waals surface area contributed by atoms with Crippen LogP contribution >= 0.6 is 0 Å². The van der Waals surface area contributed by atoms with Gasteiger partial charge in [0.15, 0.2) is 11.5 Å². The topological polar surface area (TPSA) is 85.3 Å². The highest BCUT2D eigenvalue weighted by Crippen LogP contribution is 2.39. The van der Waals surface area contributed by atoms with Crippen LogP contribution in [0.25, 0.3) is 0 Å². The Balaban J connectivity index is 2.34. The van der Waals surface area contributed by atoms with E-state index >= 15 is 0 Å². The van der Waals surface area contributed by atoms with Crippen LogP contribution in [0, 0.1) is 5.92 Å². The van der Waals surface area contributed by atoms with Gasteiger partial charge in [-0.3, -0.25) is 9.59 Å². The molecule has 0 radical (unpaired) electrons. The Morgan fingerprint density at radius 1 is 1.17 bits per heavy atom. The lowest BCUT2D eigenvalue weighted by molar-refractivity contribution is -0.141. The van der Waals surface area contributed by atoms with Crippen LogP contribution < -0.4 is 14.2 Å². The Hall–Kier alpha value is -2.44. The summed E-state index contributed by atoms with van der Waals surface area (Å²) < 4.78 is 15.8. The van der Waals surface area contributed by atoms with Gasteiger partial charge in [-0.1, -0.05) is 6.92 Å². The predicted octanol–water partition coefficient (Wildman–Crippen LogP) is 2.04. The van der Waals surface area contributed by atoms with Crippen molar-refractivity contribution < 1.29 is 28.9 Å². The number of rotatable bonds is 8. The van der Waals surface area contributed by atoms with Gasteiger partial charge in [-0.25, -0.2) is 0 Å². The van der Waals surface area contributed by atoms with Crippen LogP contribution in [0.3, 0.4) is 0 Å². The van der Waals surface area contributed by atoms with Crippen LogP contribution in [0.1, 0.15) is 30.1 Å². The zero-order valence-electron chi connectivity index (χ0n) is 14.4. The minimum absolute atomic E-state index is 0.0957. The number of hydrogen-bond donors (Lipinski definition) is 1. The summed E-state index contributed by atoms with van der Waals surface area (Å²) in [5, 5.41) is 9.12. The van der Waals surface area contributed by atoms with Crippen molar-refractivity contribution in [3.63, 3.8) is 0 Å². The summed E-state index contributed by atoms with van der Waals surface area (Å²) in [6.45, 7) is 1.77. The van der Waals surface area contributed by atoms with E-state index in [4.69, 9.17) is 19.3 Å². The fourth-order valence-corrected chi connectivity index (χ4v) is 2.53. The van der Waals surface area contributed by atoms with Crippen molar-refractivity contribution in [1.29, 1.82) is 0 Å². The highest BCUT2D eigenvalue weighted by Gasteiger charge is 2.35. The number of methoxy groups -OCH3 is 3. The van der Waals surface area contributed by atoms with Gasteiger partial charge >= 0.3 is 5.97 Å². The molecule has 1 aromatic rings. The monoisotopic (exact) mass is 337 g/mol. The van der Waals surface area contributed by atoms with Gasteiger partial charge in [-0.2, -0.15) is 0 Å². The number of carboxylic acids is 1. The second-order valence-corrected chi connectivity index (χ2v) is 5.84. The maximum atomic E-state index is 12.9. The molecule has 0 aliphatic heterocycles. The Labute approximate surface area is 141 Å². The Morgan fingerprint density at radius 3 is 2.08 bits per heavy atom. The molecule has 7 heteroatoms. The SMILES string of the molecule is COc1cc(C(=O)N(CC(C)C(=O)O)C2CC2)cc(OC)c1OC. The standard InChI is InChI=1S/C17H23NO6/c1-10(17(20)21)9-18(12-5-6-12)16(19)11-7-13(22-2)15(24-4)14(8-11)23-3/h7-8,10,12H,5-6,9H2,1-4H3,(H,20,21). The quantitative estimate of drug-likeness (QED) is 0.781. The van der Waals surface area contributed by atoms with E-state index in [1.54, 1.807) is 24.0 Å². The Morgan fingerprint density at radius 2 is 1.71 bits per heavy atom. The van der Waals surface area contributed by atoms with Crippen LogP contribution in [-0.4, -0.2) is 55.8 Å². The van der Waals surface area contributed by atoms with E-state index in [0.29, 0.717) is 22.8 Å². The summed E-state index contributed by atoms with van der Waals surface area (Å²) in [5.74, 6) is -0.585. The first kappa shape index (κ1) is 17.9. The highest BCUT2D eigenvalue weighted by atomic mass is 16.5. The number of benzene rings is 1. The lowest BCUT2D eigenvalue weighted by atomic mass is 10.1. The zero-order chi connectivity index (χ0) is 17.9. The van der Waals surface area contributed by atoms with Gasteiger partial charge < -0.3 is 24.2 Å². The number of hydrogen-bond acceptors (Lipinski definition) is 5. The molecule has 1 N–H and O–H groups in total. The molecule has 2 rings (SSSR count). The fourth-order valence-electron chi connectivity index (χ4n) is 2.53. The third-order valence-electron chi connectivity index (χ3n) is 4.05. The second-order valence-electron chi connectivity index (χ2n) is 5.84. The smallest absolute Gasteiger partial charge is 0.308 e. The van der Waals surface area contributed by atoms with E-state index in [0.717, 1.165) is 12.8 Å². The first-order valence-corrected chi connectivity index (χ1v) is 7.76. The van der Waals surface area contributed by atoms with Crippen LogP contribution in [0.15, 0.2) is 12.1 Å². The van der Waals surface area contributed by atoms with Gasteiger partial charge in [0.25, 0.3) is 5.91 Å².